The van der Waals surface area contributed by atoms with Crippen molar-refractivity contribution >= 4 is 0 Å². The van der Waals surface area contributed by atoms with Gasteiger partial charge in [0.15, 0.2) is 0 Å². The van der Waals surface area contributed by atoms with E-state index in [9.17, 15) is 0 Å². The molecule has 4 radical (unpaired) electrons. The van der Waals surface area contributed by atoms with E-state index in [4.69, 9.17) is 0 Å². The normalized spacial score (nSPS) is 0. The monoisotopic (exact) mass is 268 g/mol. The zero-order chi connectivity index (χ0) is 0. The summed E-state index contributed by atoms with van der Waals surface area (Å²) >= 11 is 0. The molecule has 0 amide bonds. The van der Waals surface area contributed by atoms with E-state index in [0.29, 0.717) is 0 Å². The van der Waals surface area contributed by atoms with Crippen molar-refractivity contribution in [1.82, 2.24) is 0 Å². The number of hydrogen-bond donors (Lipinski definition) is 0. The molecule has 0 spiro atoms. The van der Waals surface area contributed by atoms with Crippen molar-refractivity contribution in [1.29, 1.82) is 0 Å². The molecule has 0 fully saturated rings. The van der Waals surface area contributed by atoms with Gasteiger partial charge in [-0.2, -0.15) is 0 Å². The van der Waals surface area contributed by atoms with Gasteiger partial charge in [-0.05, 0) is 0 Å². The zero-order valence-corrected chi connectivity index (χ0v) is 6.65. The van der Waals surface area contributed by atoms with Gasteiger partial charge in [-0.25, -0.2) is 0 Å². The van der Waals surface area contributed by atoms with E-state index in [-0.39, 0.29) is 70.7 Å². The smallest absolute Gasteiger partial charge is 0 e. The van der Waals surface area contributed by atoms with Gasteiger partial charge in [0, 0.05) is 70.7 Å². The standard InChI is InChI=1S/3Mn.Rh. The Hall–Kier alpha value is 2.18. The molecule has 30 valence electrons. The van der Waals surface area contributed by atoms with Crippen molar-refractivity contribution in [3.63, 3.8) is 0 Å². The molecule has 0 nitrogen and oxygen atoms in total. The summed E-state index contributed by atoms with van der Waals surface area (Å²) in [7, 11) is 0. The van der Waals surface area contributed by atoms with E-state index in [2.05, 4.69) is 0 Å². The summed E-state index contributed by atoms with van der Waals surface area (Å²) in [6, 6.07) is 0. The van der Waals surface area contributed by atoms with Crippen LogP contribution in [-0.2, 0) is 70.7 Å². The van der Waals surface area contributed by atoms with Gasteiger partial charge in [0.1, 0.15) is 0 Å². The first kappa shape index (κ1) is 34.9. The Morgan fingerprint density at radius 1 is 0.500 bits per heavy atom. The van der Waals surface area contributed by atoms with Crippen molar-refractivity contribution in [2.24, 2.45) is 0 Å². The molecule has 0 atom stereocenters. The molecule has 0 aromatic heterocycles. The van der Waals surface area contributed by atoms with Crippen LogP contribution in [0.25, 0.3) is 0 Å². The molecule has 0 aliphatic carbocycles. The molecule has 0 heterocycles. The van der Waals surface area contributed by atoms with Gasteiger partial charge in [-0.3, -0.25) is 0 Å². The van der Waals surface area contributed by atoms with E-state index in [1.54, 1.807) is 0 Å². The summed E-state index contributed by atoms with van der Waals surface area (Å²) < 4.78 is 0. The van der Waals surface area contributed by atoms with E-state index in [1.165, 1.54) is 0 Å². The quantitative estimate of drug-likeness (QED) is 0.542. The Kier molecular flexibility index (Phi) is 166. The van der Waals surface area contributed by atoms with E-state index in [0.717, 1.165) is 0 Å². The molecule has 0 rings (SSSR count). The Bertz CT molecular complexity index is 3.25. The van der Waals surface area contributed by atoms with Crippen molar-refractivity contribution in [2.75, 3.05) is 0 Å². The van der Waals surface area contributed by atoms with E-state index < -0.39 is 0 Å². The van der Waals surface area contributed by atoms with Crippen LogP contribution in [0.5, 0.6) is 0 Å². The minimum atomic E-state index is 0. The predicted molar refractivity (Wildman–Crippen MR) is 0 cm³/mol. The average molecular weight is 268 g/mol. The molecule has 4 heteroatoms. The summed E-state index contributed by atoms with van der Waals surface area (Å²) in [5.41, 5.74) is 0. The van der Waals surface area contributed by atoms with Gasteiger partial charge in [0.2, 0.25) is 0 Å². The average Bonchev–Trinajstić information content (AvgIpc) is 0. The van der Waals surface area contributed by atoms with Crippen LogP contribution in [0.3, 0.4) is 0 Å². The minimum absolute atomic E-state index is 0. The van der Waals surface area contributed by atoms with Gasteiger partial charge in [-0.15, -0.1) is 0 Å². The van der Waals surface area contributed by atoms with E-state index >= 15 is 0 Å². The number of hydrogen-bond acceptors (Lipinski definition) is 0. The molecule has 0 aromatic carbocycles. The zero-order valence-electron chi connectivity index (χ0n) is 1.47. The van der Waals surface area contributed by atoms with E-state index in [1.807, 2.05) is 0 Å². The molecule has 0 aromatic rings. The third kappa shape index (κ3) is 8.89. The summed E-state index contributed by atoms with van der Waals surface area (Å²) in [5.74, 6) is 0. The minimum Gasteiger partial charge on any atom is 0 e. The third-order valence-electron chi connectivity index (χ3n) is 0. The van der Waals surface area contributed by atoms with Crippen LogP contribution in [0, 0.1) is 0 Å². The van der Waals surface area contributed by atoms with Crippen LogP contribution in [-0.4, -0.2) is 0 Å². The van der Waals surface area contributed by atoms with Crippen LogP contribution >= 0.6 is 0 Å². The third-order valence-corrected chi connectivity index (χ3v) is 0. The fraction of sp³-hybridized carbons (Fsp3) is 0. The van der Waals surface area contributed by atoms with Crippen LogP contribution < -0.4 is 0 Å². The Labute approximate surface area is 70.0 Å². The molecule has 0 aliphatic heterocycles. The Morgan fingerprint density at radius 2 is 0.500 bits per heavy atom. The summed E-state index contributed by atoms with van der Waals surface area (Å²) in [4.78, 5) is 0. The first-order valence-electron chi connectivity index (χ1n) is 0. The van der Waals surface area contributed by atoms with Crippen molar-refractivity contribution in [2.45, 2.75) is 0 Å². The molecular weight excluding hydrogens is 268 g/mol. The first-order chi connectivity index (χ1) is 0. The molecule has 0 bridgehead atoms. The van der Waals surface area contributed by atoms with Crippen LogP contribution in [0.15, 0.2) is 0 Å². The summed E-state index contributed by atoms with van der Waals surface area (Å²) in [6.45, 7) is 0. The van der Waals surface area contributed by atoms with Crippen LogP contribution in [0.2, 0.25) is 0 Å². The van der Waals surface area contributed by atoms with Gasteiger partial charge in [0.05, 0.1) is 0 Å². The summed E-state index contributed by atoms with van der Waals surface area (Å²) in [6.07, 6.45) is 0. The van der Waals surface area contributed by atoms with Crippen molar-refractivity contribution < 1.29 is 70.7 Å². The SMILES string of the molecule is [Mn].[Mn].[Mn].[Rh]. The fourth-order valence-electron chi connectivity index (χ4n) is 0. The van der Waals surface area contributed by atoms with Crippen LogP contribution in [0.4, 0.5) is 0 Å². The molecule has 0 unspecified atom stereocenters. The molecular formula is Mn3Rh. The second-order valence-electron chi connectivity index (χ2n) is 0. The molecule has 0 saturated heterocycles. The molecule has 4 heavy (non-hydrogen) atoms. The first-order valence-corrected chi connectivity index (χ1v) is 0. The fourth-order valence-corrected chi connectivity index (χ4v) is 0. The maximum Gasteiger partial charge on any atom is 0 e. The molecule has 0 N–H and O–H groups in total. The maximum atomic E-state index is 0. The predicted octanol–water partition coefficient (Wildman–Crippen LogP) is -0.0100. The van der Waals surface area contributed by atoms with Crippen molar-refractivity contribution in [3.8, 4) is 0 Å². The van der Waals surface area contributed by atoms with Gasteiger partial charge >= 0.3 is 0 Å². The van der Waals surface area contributed by atoms with Crippen LogP contribution in [0.1, 0.15) is 0 Å². The van der Waals surface area contributed by atoms with Gasteiger partial charge in [-0.1, -0.05) is 0 Å². The Balaban J connectivity index is 0. The molecule has 0 saturated carbocycles. The molecule has 0 aliphatic rings. The topological polar surface area (TPSA) is 0 Å². The largest absolute Gasteiger partial charge is 0 e. The van der Waals surface area contributed by atoms with Crippen molar-refractivity contribution in [3.05, 3.63) is 0 Å². The number of rotatable bonds is 0. The van der Waals surface area contributed by atoms with Gasteiger partial charge < -0.3 is 0 Å². The van der Waals surface area contributed by atoms with Gasteiger partial charge in [0.25, 0.3) is 0 Å². The maximum absolute atomic E-state index is 0. The second kappa shape index (κ2) is 19.0. The summed E-state index contributed by atoms with van der Waals surface area (Å²) in [5, 5.41) is 0. The second-order valence-corrected chi connectivity index (χ2v) is 0. The Morgan fingerprint density at radius 3 is 0.500 bits per heavy atom.